The molecule has 0 aliphatic heterocycles. The number of carbonyl (C=O) groups excluding carboxylic acids is 2. The fourth-order valence-corrected chi connectivity index (χ4v) is 9.94. The van der Waals surface area contributed by atoms with Gasteiger partial charge in [-0.1, -0.05) is 88.4 Å². The highest BCUT2D eigenvalue weighted by Crippen LogP contribution is 2.37. The summed E-state index contributed by atoms with van der Waals surface area (Å²) in [5.74, 6) is -0.888. The number of hydrogen-bond donors (Lipinski definition) is 0. The second kappa shape index (κ2) is 12.6. The molecule has 0 unspecified atom stereocenters. The lowest BCUT2D eigenvalue weighted by atomic mass is 10.1. The average molecular weight is 564 g/mol. The largest absolute Gasteiger partial charge is 0.461 e. The van der Waals surface area contributed by atoms with Crippen molar-refractivity contribution in [3.05, 3.63) is 83.2 Å². The van der Waals surface area contributed by atoms with Crippen LogP contribution in [0, 0.1) is 13.8 Å². The van der Waals surface area contributed by atoms with Crippen molar-refractivity contribution in [2.24, 2.45) is 0 Å². The summed E-state index contributed by atoms with van der Waals surface area (Å²) in [6.45, 7) is 18.8. The molecule has 1 heterocycles. The number of benzene rings is 2. The Morgan fingerprint density at radius 3 is 1.77 bits per heavy atom. The first-order valence-corrected chi connectivity index (χ1v) is 16.0. The normalized spacial score (nSPS) is 12.3. The smallest absolute Gasteiger partial charge is 0.355 e. The molecule has 0 radical (unpaired) electrons. The van der Waals surface area contributed by atoms with E-state index in [1.807, 2.05) is 51.3 Å². The topological polar surface area (TPSA) is 66.8 Å². The first-order chi connectivity index (χ1) is 18.7. The summed E-state index contributed by atoms with van der Waals surface area (Å²) < 4.78 is 20.2. The lowest BCUT2D eigenvalue weighted by Gasteiger charge is -2.43. The van der Waals surface area contributed by atoms with Crippen molar-refractivity contribution in [2.75, 3.05) is 13.2 Å². The Balaban J connectivity index is 2.07. The van der Waals surface area contributed by atoms with E-state index in [4.69, 9.17) is 13.9 Å². The standard InChI is InChI=1S/C33H45NO5Si/c1-10-22-37-31(36)29-24(2)28(30(35)39-32(4,5)6)25(3)34(29)21-23-38-40(33(7,8)9,26-17-13-11-14-18-26)27-19-15-12-16-20-27/h11-20H,10,21-23H2,1-9H3. The molecule has 0 amide bonds. The maximum Gasteiger partial charge on any atom is 0.355 e. The van der Waals surface area contributed by atoms with Crippen molar-refractivity contribution < 1.29 is 23.5 Å². The van der Waals surface area contributed by atoms with Crippen molar-refractivity contribution in [3.8, 4) is 0 Å². The molecule has 0 saturated carbocycles. The quantitative estimate of drug-likeness (QED) is 0.217. The van der Waals surface area contributed by atoms with Gasteiger partial charge < -0.3 is 18.5 Å². The molecule has 0 atom stereocenters. The minimum atomic E-state index is -2.77. The van der Waals surface area contributed by atoms with Gasteiger partial charge in [-0.05, 0) is 62.0 Å². The van der Waals surface area contributed by atoms with Crippen LogP contribution in [-0.2, 0) is 20.4 Å². The third-order valence-electron chi connectivity index (χ3n) is 7.05. The van der Waals surface area contributed by atoms with Crippen LogP contribution < -0.4 is 10.4 Å². The Hall–Kier alpha value is -3.16. The molecule has 0 saturated heterocycles. The molecule has 40 heavy (non-hydrogen) atoms. The highest BCUT2D eigenvalue weighted by molar-refractivity contribution is 6.99. The van der Waals surface area contributed by atoms with Crippen molar-refractivity contribution in [1.82, 2.24) is 4.57 Å². The lowest BCUT2D eigenvalue weighted by Crippen LogP contribution is -2.66. The second-order valence-electron chi connectivity index (χ2n) is 12.2. The monoisotopic (exact) mass is 563 g/mol. The van der Waals surface area contributed by atoms with Crippen LogP contribution in [0.3, 0.4) is 0 Å². The van der Waals surface area contributed by atoms with Gasteiger partial charge in [0.1, 0.15) is 11.3 Å². The summed E-state index contributed by atoms with van der Waals surface area (Å²) in [5.41, 5.74) is 1.36. The van der Waals surface area contributed by atoms with Crippen LogP contribution in [0.15, 0.2) is 60.7 Å². The molecular formula is C33H45NO5Si. The molecule has 1 aromatic heterocycles. The molecule has 0 aliphatic rings. The van der Waals surface area contributed by atoms with Gasteiger partial charge in [-0.25, -0.2) is 9.59 Å². The van der Waals surface area contributed by atoms with Gasteiger partial charge in [-0.2, -0.15) is 0 Å². The van der Waals surface area contributed by atoms with Crippen LogP contribution >= 0.6 is 0 Å². The molecule has 0 aliphatic carbocycles. The second-order valence-corrected chi connectivity index (χ2v) is 16.5. The van der Waals surface area contributed by atoms with Gasteiger partial charge in [0.15, 0.2) is 0 Å². The highest BCUT2D eigenvalue weighted by atomic mass is 28.4. The van der Waals surface area contributed by atoms with Crippen molar-refractivity contribution >= 4 is 30.6 Å². The zero-order valence-corrected chi connectivity index (χ0v) is 26.6. The Morgan fingerprint density at radius 1 is 0.800 bits per heavy atom. The molecule has 3 rings (SSSR count). The summed E-state index contributed by atoms with van der Waals surface area (Å²) in [5, 5.41) is 2.19. The maximum atomic E-state index is 13.3. The predicted octanol–water partition coefficient (Wildman–Crippen LogP) is 6.20. The Kier molecular flexibility index (Phi) is 9.85. The Morgan fingerprint density at radius 2 is 1.32 bits per heavy atom. The van der Waals surface area contributed by atoms with Crippen LogP contribution in [0.25, 0.3) is 0 Å². The first-order valence-electron chi connectivity index (χ1n) is 14.1. The molecule has 3 aromatic rings. The zero-order chi connectivity index (χ0) is 29.7. The summed E-state index contributed by atoms with van der Waals surface area (Å²) in [6.07, 6.45) is 0.709. The van der Waals surface area contributed by atoms with Crippen LogP contribution in [0.2, 0.25) is 5.04 Å². The van der Waals surface area contributed by atoms with Gasteiger partial charge >= 0.3 is 11.9 Å². The van der Waals surface area contributed by atoms with E-state index in [0.29, 0.717) is 48.7 Å². The molecule has 0 bridgehead atoms. The average Bonchev–Trinajstić information content (AvgIpc) is 3.13. The van der Waals surface area contributed by atoms with Crippen molar-refractivity contribution in [1.29, 1.82) is 0 Å². The molecule has 216 valence electrons. The summed E-state index contributed by atoms with van der Waals surface area (Å²) in [4.78, 5) is 26.5. The third kappa shape index (κ3) is 6.58. The summed E-state index contributed by atoms with van der Waals surface area (Å²) in [7, 11) is -2.77. The Labute approximate surface area is 240 Å². The molecule has 7 heteroatoms. The van der Waals surface area contributed by atoms with Gasteiger partial charge in [0.25, 0.3) is 8.32 Å². The van der Waals surface area contributed by atoms with Crippen LogP contribution in [0.1, 0.15) is 87.0 Å². The van der Waals surface area contributed by atoms with E-state index >= 15 is 0 Å². The third-order valence-corrected chi connectivity index (χ3v) is 12.1. The fraction of sp³-hybridized carbons (Fsp3) is 0.455. The van der Waals surface area contributed by atoms with E-state index in [0.717, 1.165) is 0 Å². The van der Waals surface area contributed by atoms with Crippen molar-refractivity contribution in [2.45, 2.75) is 85.9 Å². The SMILES string of the molecule is CCCOC(=O)c1c(C)c(C(=O)OC(C)(C)C)c(C)n1CCO[Si](c1ccccc1)(c1ccccc1)C(C)(C)C. The van der Waals surface area contributed by atoms with Gasteiger partial charge in [0, 0.05) is 12.2 Å². The molecular weight excluding hydrogens is 518 g/mol. The van der Waals surface area contributed by atoms with Crippen LogP contribution in [-0.4, -0.2) is 43.6 Å². The minimum absolute atomic E-state index is 0.179. The van der Waals surface area contributed by atoms with Gasteiger partial charge in [0.2, 0.25) is 0 Å². The minimum Gasteiger partial charge on any atom is -0.461 e. The summed E-state index contributed by atoms with van der Waals surface area (Å²) >= 11 is 0. The van der Waals surface area contributed by atoms with Crippen LogP contribution in [0.5, 0.6) is 0 Å². The van der Waals surface area contributed by atoms with E-state index in [1.165, 1.54) is 10.4 Å². The molecule has 0 N–H and O–H groups in total. The number of ether oxygens (including phenoxy) is 2. The van der Waals surface area contributed by atoms with E-state index in [9.17, 15) is 9.59 Å². The molecule has 6 nitrogen and oxygen atoms in total. The maximum absolute atomic E-state index is 13.3. The first kappa shape index (κ1) is 31.4. The lowest BCUT2D eigenvalue weighted by molar-refractivity contribution is 0.00677. The number of rotatable bonds is 10. The number of hydrogen-bond acceptors (Lipinski definition) is 5. The van der Waals surface area contributed by atoms with E-state index in [2.05, 4.69) is 69.3 Å². The van der Waals surface area contributed by atoms with Gasteiger partial charge in [-0.15, -0.1) is 0 Å². The van der Waals surface area contributed by atoms with Gasteiger partial charge in [0.05, 0.1) is 18.8 Å². The number of aromatic nitrogens is 1. The number of nitrogens with zero attached hydrogens (tertiary/aromatic N) is 1. The van der Waals surface area contributed by atoms with E-state index in [1.54, 1.807) is 6.92 Å². The predicted molar refractivity (Wildman–Crippen MR) is 163 cm³/mol. The highest BCUT2D eigenvalue weighted by Gasteiger charge is 2.50. The van der Waals surface area contributed by atoms with Crippen molar-refractivity contribution in [3.63, 3.8) is 0 Å². The molecule has 2 aromatic carbocycles. The fourth-order valence-electron chi connectivity index (χ4n) is 5.38. The molecule has 0 fully saturated rings. The van der Waals surface area contributed by atoms with Crippen LogP contribution in [0.4, 0.5) is 0 Å². The van der Waals surface area contributed by atoms with E-state index in [-0.39, 0.29) is 5.04 Å². The summed E-state index contributed by atoms with van der Waals surface area (Å²) in [6, 6.07) is 20.9. The molecule has 0 spiro atoms. The number of esters is 2. The van der Waals surface area contributed by atoms with E-state index < -0.39 is 25.9 Å². The van der Waals surface area contributed by atoms with Gasteiger partial charge in [-0.3, -0.25) is 0 Å². The Bertz CT molecular complexity index is 1260. The number of carbonyl (C=O) groups is 2. The zero-order valence-electron chi connectivity index (χ0n) is 25.6.